The van der Waals surface area contributed by atoms with Crippen LogP contribution in [0.15, 0.2) is 12.1 Å². The van der Waals surface area contributed by atoms with Crippen LogP contribution in [0.3, 0.4) is 0 Å². The van der Waals surface area contributed by atoms with Crippen LogP contribution in [-0.4, -0.2) is 17.5 Å². The molecule has 3 N–H and O–H groups in total. The molecule has 0 aliphatic heterocycles. The molecule has 1 aromatic carbocycles. The summed E-state index contributed by atoms with van der Waals surface area (Å²) in [6, 6.07) is 2.85. The van der Waals surface area contributed by atoms with Crippen molar-refractivity contribution < 1.29 is 4.39 Å². The van der Waals surface area contributed by atoms with Gasteiger partial charge in [0.25, 0.3) is 0 Å². The number of anilines is 2. The minimum atomic E-state index is -0.470. The van der Waals surface area contributed by atoms with Crippen molar-refractivity contribution in [2.75, 3.05) is 23.9 Å². The van der Waals surface area contributed by atoms with E-state index in [1.807, 2.05) is 11.8 Å². The number of hydrogen-bond donors (Lipinski definition) is 2. The zero-order valence-corrected chi connectivity index (χ0v) is 12.7. The lowest BCUT2D eigenvalue weighted by Crippen LogP contribution is -2.35. The third-order valence-corrected chi connectivity index (χ3v) is 5.60. The molecule has 0 radical (unpaired) electrons. The number of hydrogen-bond acceptors (Lipinski definition) is 3. The Labute approximate surface area is 123 Å². The van der Waals surface area contributed by atoms with Gasteiger partial charge in [0.2, 0.25) is 0 Å². The molecule has 106 valence electrons. The molecular weight excluding hydrogens is 283 g/mol. The van der Waals surface area contributed by atoms with Crippen molar-refractivity contribution in [1.29, 1.82) is 0 Å². The van der Waals surface area contributed by atoms with E-state index in [1.165, 1.54) is 38.2 Å². The second-order valence-corrected chi connectivity index (χ2v) is 6.84. The van der Waals surface area contributed by atoms with Crippen molar-refractivity contribution in [3.8, 4) is 0 Å². The van der Waals surface area contributed by atoms with E-state index in [-0.39, 0.29) is 9.77 Å². The number of benzene rings is 1. The molecule has 0 bridgehead atoms. The monoisotopic (exact) mass is 302 g/mol. The molecule has 0 atom stereocenters. The number of nitrogens with one attached hydrogen (secondary N) is 1. The lowest BCUT2D eigenvalue weighted by atomic mass is 9.88. The zero-order chi connectivity index (χ0) is 13.9. The molecule has 19 heavy (non-hydrogen) atoms. The topological polar surface area (TPSA) is 38.0 Å². The summed E-state index contributed by atoms with van der Waals surface area (Å²) in [6.07, 6.45) is 8.48. The third kappa shape index (κ3) is 3.48. The molecule has 1 saturated carbocycles. The Morgan fingerprint density at radius 3 is 2.68 bits per heavy atom. The third-order valence-electron chi connectivity index (χ3n) is 3.89. The molecular formula is C14H20ClFN2S. The van der Waals surface area contributed by atoms with Gasteiger partial charge in [0, 0.05) is 17.4 Å². The Balaban J connectivity index is 2.07. The Morgan fingerprint density at radius 2 is 2.05 bits per heavy atom. The van der Waals surface area contributed by atoms with Crippen molar-refractivity contribution in [3.05, 3.63) is 23.0 Å². The number of nitrogen functional groups attached to an aromatic ring is 1. The molecule has 1 aliphatic carbocycles. The standard InChI is InChI=1S/C14H20ClFN2S/c1-19-14(5-3-2-4-6-14)9-18-13-7-10(15)11(16)8-12(13)17/h7-8,18H,2-6,9,17H2,1H3. The van der Waals surface area contributed by atoms with Crippen LogP contribution >= 0.6 is 23.4 Å². The first-order chi connectivity index (χ1) is 9.06. The average Bonchev–Trinajstić information content (AvgIpc) is 2.42. The minimum absolute atomic E-state index is 0.110. The molecule has 1 fully saturated rings. The highest BCUT2D eigenvalue weighted by atomic mass is 35.5. The molecule has 0 heterocycles. The van der Waals surface area contributed by atoms with Crippen LogP contribution in [0.25, 0.3) is 0 Å². The SMILES string of the molecule is CSC1(CNc2cc(Cl)c(F)cc2N)CCCCC1. The second-order valence-electron chi connectivity index (χ2n) is 5.15. The first-order valence-corrected chi connectivity index (χ1v) is 8.20. The summed E-state index contributed by atoms with van der Waals surface area (Å²) in [6.45, 7) is 0.848. The van der Waals surface area contributed by atoms with E-state index >= 15 is 0 Å². The van der Waals surface area contributed by atoms with Gasteiger partial charge >= 0.3 is 0 Å². The van der Waals surface area contributed by atoms with E-state index in [0.29, 0.717) is 5.69 Å². The lowest BCUT2D eigenvalue weighted by molar-refractivity contribution is 0.411. The van der Waals surface area contributed by atoms with Gasteiger partial charge in [-0.1, -0.05) is 30.9 Å². The predicted molar refractivity (Wildman–Crippen MR) is 83.6 cm³/mol. The number of rotatable bonds is 4. The predicted octanol–water partition coefficient (Wildman–Crippen LogP) is 4.54. The first kappa shape index (κ1) is 14.8. The molecule has 1 aliphatic rings. The van der Waals surface area contributed by atoms with Crippen LogP contribution in [0.2, 0.25) is 5.02 Å². The van der Waals surface area contributed by atoms with E-state index in [2.05, 4.69) is 11.6 Å². The Hall–Kier alpha value is -0.610. The van der Waals surface area contributed by atoms with Crippen LogP contribution in [-0.2, 0) is 0 Å². The maximum absolute atomic E-state index is 13.3. The largest absolute Gasteiger partial charge is 0.397 e. The molecule has 5 heteroatoms. The van der Waals surface area contributed by atoms with Gasteiger partial charge in [-0.15, -0.1) is 0 Å². The summed E-state index contributed by atoms with van der Waals surface area (Å²) < 4.78 is 13.5. The van der Waals surface area contributed by atoms with E-state index in [9.17, 15) is 4.39 Å². The van der Waals surface area contributed by atoms with Crippen molar-refractivity contribution in [3.63, 3.8) is 0 Å². The fraction of sp³-hybridized carbons (Fsp3) is 0.571. The number of halogens is 2. The zero-order valence-electron chi connectivity index (χ0n) is 11.1. The van der Waals surface area contributed by atoms with E-state index in [0.717, 1.165) is 12.2 Å². The summed E-state index contributed by atoms with van der Waals surface area (Å²) in [7, 11) is 0. The van der Waals surface area contributed by atoms with Crippen molar-refractivity contribution in [2.45, 2.75) is 36.9 Å². The molecule has 2 nitrogen and oxygen atoms in total. The first-order valence-electron chi connectivity index (χ1n) is 6.60. The Kier molecular flexibility index (Phi) is 4.85. The molecule has 1 aromatic rings. The highest BCUT2D eigenvalue weighted by Gasteiger charge is 2.31. The molecule has 0 saturated heterocycles. The fourth-order valence-corrected chi connectivity index (χ4v) is 3.70. The van der Waals surface area contributed by atoms with Crippen LogP contribution in [0, 0.1) is 5.82 Å². The molecule has 0 unspecified atom stereocenters. The molecule has 2 rings (SSSR count). The van der Waals surface area contributed by atoms with Gasteiger partial charge in [-0.25, -0.2) is 4.39 Å². The fourth-order valence-electron chi connectivity index (χ4n) is 2.62. The lowest BCUT2D eigenvalue weighted by Gasteiger charge is -2.36. The number of thioether (sulfide) groups is 1. The van der Waals surface area contributed by atoms with Crippen LogP contribution in [0.5, 0.6) is 0 Å². The average molecular weight is 303 g/mol. The number of nitrogens with two attached hydrogens (primary N) is 1. The van der Waals surface area contributed by atoms with E-state index in [4.69, 9.17) is 17.3 Å². The molecule has 0 amide bonds. The second kappa shape index (κ2) is 6.23. The molecule has 0 aromatic heterocycles. The summed E-state index contributed by atoms with van der Waals surface area (Å²) in [5, 5.41) is 3.46. The van der Waals surface area contributed by atoms with Crippen molar-refractivity contribution >= 4 is 34.7 Å². The summed E-state index contributed by atoms with van der Waals surface area (Å²) in [5.41, 5.74) is 6.96. The smallest absolute Gasteiger partial charge is 0.143 e. The van der Waals surface area contributed by atoms with Crippen molar-refractivity contribution in [2.24, 2.45) is 0 Å². The highest BCUT2D eigenvalue weighted by molar-refractivity contribution is 8.00. The maximum Gasteiger partial charge on any atom is 0.143 e. The Bertz CT molecular complexity index is 447. The summed E-state index contributed by atoms with van der Waals surface area (Å²) >= 11 is 7.72. The van der Waals surface area contributed by atoms with Gasteiger partial charge in [0.05, 0.1) is 16.4 Å². The van der Waals surface area contributed by atoms with Gasteiger partial charge in [-0.2, -0.15) is 11.8 Å². The van der Waals surface area contributed by atoms with Gasteiger partial charge in [0.15, 0.2) is 0 Å². The van der Waals surface area contributed by atoms with Gasteiger partial charge in [-0.05, 0) is 25.2 Å². The van der Waals surface area contributed by atoms with Crippen LogP contribution in [0.1, 0.15) is 32.1 Å². The van der Waals surface area contributed by atoms with E-state index in [1.54, 1.807) is 6.07 Å². The highest BCUT2D eigenvalue weighted by Crippen LogP contribution is 2.39. The van der Waals surface area contributed by atoms with Crippen molar-refractivity contribution in [1.82, 2.24) is 0 Å². The minimum Gasteiger partial charge on any atom is -0.397 e. The van der Waals surface area contributed by atoms with Gasteiger partial charge < -0.3 is 11.1 Å². The maximum atomic E-state index is 13.3. The quantitative estimate of drug-likeness (QED) is 0.802. The normalized spacial score (nSPS) is 18.3. The summed E-state index contributed by atoms with van der Waals surface area (Å²) in [5.74, 6) is -0.470. The van der Waals surface area contributed by atoms with Gasteiger partial charge in [0.1, 0.15) is 5.82 Å². The molecule has 0 spiro atoms. The summed E-state index contributed by atoms with van der Waals surface area (Å²) in [4.78, 5) is 0. The van der Waals surface area contributed by atoms with Crippen LogP contribution in [0.4, 0.5) is 15.8 Å². The Morgan fingerprint density at radius 1 is 1.37 bits per heavy atom. The van der Waals surface area contributed by atoms with Crippen LogP contribution < -0.4 is 11.1 Å². The van der Waals surface area contributed by atoms with Gasteiger partial charge in [-0.3, -0.25) is 0 Å². The van der Waals surface area contributed by atoms with E-state index < -0.39 is 5.82 Å².